The summed E-state index contributed by atoms with van der Waals surface area (Å²) >= 11 is 3.43. The van der Waals surface area contributed by atoms with Gasteiger partial charge in [0.25, 0.3) is 0 Å². The Bertz CT molecular complexity index is 394. The van der Waals surface area contributed by atoms with Crippen molar-refractivity contribution in [3.8, 4) is 12.3 Å². The van der Waals surface area contributed by atoms with Crippen molar-refractivity contribution >= 4 is 15.9 Å². The van der Waals surface area contributed by atoms with E-state index in [2.05, 4.69) is 46.2 Å². The third kappa shape index (κ3) is 4.51. The highest BCUT2D eigenvalue weighted by Gasteiger charge is 2.23. The first-order valence-electron chi connectivity index (χ1n) is 5.67. The van der Waals surface area contributed by atoms with Crippen LogP contribution >= 0.6 is 15.9 Å². The number of benzene rings is 1. The summed E-state index contributed by atoms with van der Waals surface area (Å²) in [6.07, 6.45) is 6.25. The van der Waals surface area contributed by atoms with Crippen molar-refractivity contribution in [2.24, 2.45) is 5.73 Å². The zero-order valence-corrected chi connectivity index (χ0v) is 11.9. The maximum Gasteiger partial charge on any atom is 0.0663 e. The molecular weight excluding hydrogens is 276 g/mol. The van der Waals surface area contributed by atoms with Gasteiger partial charge >= 0.3 is 0 Å². The largest absolute Gasteiger partial charge is 0.329 e. The van der Waals surface area contributed by atoms with Gasteiger partial charge in [-0.1, -0.05) is 34.0 Å². The minimum Gasteiger partial charge on any atom is -0.329 e. The van der Waals surface area contributed by atoms with Crippen molar-refractivity contribution < 1.29 is 0 Å². The van der Waals surface area contributed by atoms with Gasteiger partial charge in [-0.05, 0) is 38.0 Å². The van der Waals surface area contributed by atoms with Crippen LogP contribution < -0.4 is 11.1 Å². The molecule has 1 aromatic carbocycles. The van der Waals surface area contributed by atoms with Crippen molar-refractivity contribution in [1.82, 2.24) is 5.32 Å². The smallest absolute Gasteiger partial charge is 0.0663 e. The van der Waals surface area contributed by atoms with E-state index >= 15 is 0 Å². The summed E-state index contributed by atoms with van der Waals surface area (Å²) in [5, 5.41) is 3.38. The van der Waals surface area contributed by atoms with Crippen molar-refractivity contribution in [1.29, 1.82) is 0 Å². The molecule has 0 spiro atoms. The summed E-state index contributed by atoms with van der Waals surface area (Å²) in [6.45, 7) is 4.62. The van der Waals surface area contributed by atoms with E-state index in [1.54, 1.807) is 0 Å². The molecule has 2 unspecified atom stereocenters. The van der Waals surface area contributed by atoms with Crippen molar-refractivity contribution in [2.75, 3.05) is 6.54 Å². The second-order valence-electron chi connectivity index (χ2n) is 4.60. The SMILES string of the molecule is C#CC(C)NC(C)(CN)Cc1ccc(Br)cc1. The van der Waals surface area contributed by atoms with E-state index in [-0.39, 0.29) is 11.6 Å². The highest BCUT2D eigenvalue weighted by atomic mass is 79.9. The molecule has 3 heteroatoms. The van der Waals surface area contributed by atoms with Crippen LogP contribution in [0.2, 0.25) is 0 Å². The Labute approximate surface area is 112 Å². The average molecular weight is 295 g/mol. The molecule has 0 bridgehead atoms. The quantitative estimate of drug-likeness (QED) is 0.818. The van der Waals surface area contributed by atoms with Gasteiger partial charge in [0, 0.05) is 16.6 Å². The van der Waals surface area contributed by atoms with Gasteiger partial charge in [-0.3, -0.25) is 5.32 Å². The number of rotatable bonds is 5. The minimum atomic E-state index is -0.167. The van der Waals surface area contributed by atoms with Crippen LogP contribution in [0.25, 0.3) is 0 Å². The number of hydrogen-bond donors (Lipinski definition) is 2. The van der Waals surface area contributed by atoms with E-state index in [4.69, 9.17) is 12.2 Å². The summed E-state index contributed by atoms with van der Waals surface area (Å²) in [5.74, 6) is 2.68. The van der Waals surface area contributed by atoms with Crippen LogP contribution in [-0.2, 0) is 6.42 Å². The number of nitrogens with two attached hydrogens (primary N) is 1. The first kappa shape index (κ1) is 14.2. The molecule has 0 heterocycles. The van der Waals surface area contributed by atoms with Crippen LogP contribution in [0.15, 0.2) is 28.7 Å². The number of nitrogens with one attached hydrogen (secondary N) is 1. The standard InChI is InChI=1S/C14H19BrN2/c1-4-11(2)17-14(3,10-16)9-12-5-7-13(15)8-6-12/h1,5-8,11,17H,9-10,16H2,2-3H3. The Hall–Kier alpha value is -0.820. The molecule has 17 heavy (non-hydrogen) atoms. The fourth-order valence-electron chi connectivity index (χ4n) is 1.80. The van der Waals surface area contributed by atoms with E-state index in [9.17, 15) is 0 Å². The molecule has 2 atom stereocenters. The Morgan fingerprint density at radius 3 is 2.53 bits per heavy atom. The van der Waals surface area contributed by atoms with Gasteiger partial charge in [-0.25, -0.2) is 0 Å². The molecule has 0 amide bonds. The Morgan fingerprint density at radius 1 is 1.47 bits per heavy atom. The minimum absolute atomic E-state index is 0.0269. The predicted molar refractivity (Wildman–Crippen MR) is 76.7 cm³/mol. The van der Waals surface area contributed by atoms with E-state index < -0.39 is 0 Å². The lowest BCUT2D eigenvalue weighted by Crippen LogP contribution is -2.53. The van der Waals surface area contributed by atoms with Crippen molar-refractivity contribution in [3.05, 3.63) is 34.3 Å². The average Bonchev–Trinajstić information content (AvgIpc) is 2.32. The first-order valence-corrected chi connectivity index (χ1v) is 6.47. The molecule has 0 aromatic heterocycles. The van der Waals surface area contributed by atoms with Gasteiger partial charge < -0.3 is 5.73 Å². The number of hydrogen-bond acceptors (Lipinski definition) is 2. The Morgan fingerprint density at radius 2 is 2.06 bits per heavy atom. The molecule has 0 aliphatic heterocycles. The number of halogens is 1. The third-order valence-corrected chi connectivity index (χ3v) is 3.30. The van der Waals surface area contributed by atoms with Crippen LogP contribution in [-0.4, -0.2) is 18.1 Å². The lowest BCUT2D eigenvalue weighted by atomic mass is 9.92. The molecule has 0 aliphatic rings. The van der Waals surface area contributed by atoms with Crippen LogP contribution in [0.1, 0.15) is 19.4 Å². The Balaban J connectivity index is 2.75. The summed E-state index contributed by atoms with van der Waals surface area (Å²) in [6, 6.07) is 8.30. The summed E-state index contributed by atoms with van der Waals surface area (Å²) in [5.41, 5.74) is 6.93. The van der Waals surface area contributed by atoms with Gasteiger partial charge in [0.05, 0.1) is 6.04 Å². The second-order valence-corrected chi connectivity index (χ2v) is 5.52. The Kier molecular flexibility index (Phi) is 5.20. The van der Waals surface area contributed by atoms with Gasteiger partial charge in [-0.2, -0.15) is 0 Å². The number of terminal acetylenes is 1. The van der Waals surface area contributed by atoms with Crippen LogP contribution in [0.5, 0.6) is 0 Å². The molecule has 0 aliphatic carbocycles. The van der Waals surface area contributed by atoms with E-state index in [1.807, 2.05) is 19.1 Å². The lowest BCUT2D eigenvalue weighted by Gasteiger charge is -2.31. The molecule has 0 fully saturated rings. The van der Waals surface area contributed by atoms with E-state index in [1.165, 1.54) is 5.56 Å². The van der Waals surface area contributed by atoms with Crippen LogP contribution in [0.3, 0.4) is 0 Å². The lowest BCUT2D eigenvalue weighted by molar-refractivity contribution is 0.348. The highest BCUT2D eigenvalue weighted by Crippen LogP contribution is 2.16. The van der Waals surface area contributed by atoms with Crippen molar-refractivity contribution in [2.45, 2.75) is 31.8 Å². The topological polar surface area (TPSA) is 38.0 Å². The van der Waals surface area contributed by atoms with Crippen LogP contribution in [0, 0.1) is 12.3 Å². The zero-order chi connectivity index (χ0) is 12.9. The summed E-state index contributed by atoms with van der Waals surface area (Å²) < 4.78 is 1.08. The fourth-order valence-corrected chi connectivity index (χ4v) is 2.06. The second kappa shape index (κ2) is 6.20. The monoisotopic (exact) mass is 294 g/mol. The van der Waals surface area contributed by atoms with Gasteiger partial charge in [0.1, 0.15) is 0 Å². The zero-order valence-electron chi connectivity index (χ0n) is 10.3. The molecule has 0 saturated carbocycles. The molecule has 0 saturated heterocycles. The van der Waals surface area contributed by atoms with Gasteiger partial charge in [0.15, 0.2) is 0 Å². The fraction of sp³-hybridized carbons (Fsp3) is 0.429. The van der Waals surface area contributed by atoms with Crippen molar-refractivity contribution in [3.63, 3.8) is 0 Å². The normalized spacial score (nSPS) is 15.9. The molecule has 92 valence electrons. The van der Waals surface area contributed by atoms with Gasteiger partial charge in [0.2, 0.25) is 0 Å². The first-order chi connectivity index (χ1) is 7.99. The van der Waals surface area contributed by atoms with Gasteiger partial charge in [-0.15, -0.1) is 6.42 Å². The summed E-state index contributed by atoms with van der Waals surface area (Å²) in [7, 11) is 0. The molecule has 3 N–H and O–H groups in total. The molecule has 2 nitrogen and oxygen atoms in total. The molecule has 1 aromatic rings. The maximum atomic E-state index is 5.85. The van der Waals surface area contributed by atoms with Crippen LogP contribution in [0.4, 0.5) is 0 Å². The predicted octanol–water partition coefficient (Wildman–Crippen LogP) is 2.32. The van der Waals surface area contributed by atoms with E-state index in [0.29, 0.717) is 6.54 Å². The molecule has 0 radical (unpaired) electrons. The molecular formula is C14H19BrN2. The summed E-state index contributed by atoms with van der Waals surface area (Å²) in [4.78, 5) is 0. The maximum absolute atomic E-state index is 5.85. The van der Waals surface area contributed by atoms with E-state index in [0.717, 1.165) is 10.9 Å². The third-order valence-electron chi connectivity index (χ3n) is 2.77. The molecule has 1 rings (SSSR count). The highest BCUT2D eigenvalue weighted by molar-refractivity contribution is 9.10.